The molecule has 0 amide bonds. The Hall–Kier alpha value is -7.04. The van der Waals surface area contributed by atoms with Gasteiger partial charge in [0, 0.05) is 24.3 Å². The highest BCUT2D eigenvalue weighted by Gasteiger charge is 2.26. The average molecular weight is 800 g/mol. The molecule has 0 bridgehead atoms. The fourth-order valence-corrected chi connectivity index (χ4v) is 8.28. The van der Waals surface area contributed by atoms with Gasteiger partial charge >= 0.3 is 0 Å². The number of hydrogen-bond acceptors (Lipinski definition) is 3. The number of aromatic hydroxyl groups is 1. The van der Waals surface area contributed by atoms with Crippen LogP contribution in [0.4, 0.5) is 0 Å². The normalized spacial score (nSPS) is 13.3. The third-order valence-corrected chi connectivity index (χ3v) is 11.4. The molecule has 0 saturated heterocycles. The van der Waals surface area contributed by atoms with Crippen LogP contribution in [0.3, 0.4) is 0 Å². The van der Waals surface area contributed by atoms with Crippen molar-refractivity contribution in [2.75, 3.05) is 0 Å². The maximum atomic E-state index is 12.0. The number of imidazole rings is 1. The Labute approximate surface area is 368 Å². The van der Waals surface area contributed by atoms with Crippen molar-refractivity contribution in [3.8, 4) is 78.6 Å². The summed E-state index contributed by atoms with van der Waals surface area (Å²) in [5, 5.41) is 12.0. The second-order valence-corrected chi connectivity index (χ2v) is 17.0. The first-order valence-corrected chi connectivity index (χ1v) is 20.6. The SMILES string of the molecule is [2H]c1c([2H])c([2H])c(-c2ccnc(-c3cc(-c4cccc5c4nc(-c4cc(C)cc(C)c4O)n5-c4cc(-c5ccccc5)c(C([2H])(C)C)cc4-c4ccccc4)cc(C(C)(C)C)c3)c2)c([2H])c1[2H]. The molecule has 0 aliphatic carbocycles. The molecule has 61 heavy (non-hydrogen) atoms. The van der Waals surface area contributed by atoms with Crippen molar-refractivity contribution in [3.63, 3.8) is 0 Å². The summed E-state index contributed by atoms with van der Waals surface area (Å²) in [4.78, 5) is 10.3. The molecule has 4 heteroatoms. The van der Waals surface area contributed by atoms with Gasteiger partial charge in [-0.05, 0) is 129 Å². The smallest absolute Gasteiger partial charge is 0.149 e. The van der Waals surface area contributed by atoms with Gasteiger partial charge in [0.05, 0.1) is 34.8 Å². The van der Waals surface area contributed by atoms with Crippen LogP contribution in [0.25, 0.3) is 83.9 Å². The number of rotatable bonds is 8. The molecular formula is C57H51N3O. The number of hydrogen-bond donors (Lipinski definition) is 1. The predicted octanol–water partition coefficient (Wildman–Crippen LogP) is 15.2. The number of fused-ring (bicyclic) bond motifs is 1. The molecule has 2 aromatic heterocycles. The molecule has 0 atom stereocenters. The van der Waals surface area contributed by atoms with Crippen molar-refractivity contribution in [1.82, 2.24) is 14.5 Å². The quantitative estimate of drug-likeness (QED) is 0.167. The predicted molar refractivity (Wildman–Crippen MR) is 255 cm³/mol. The van der Waals surface area contributed by atoms with Gasteiger partial charge in [-0.15, -0.1) is 0 Å². The van der Waals surface area contributed by atoms with E-state index in [2.05, 4.69) is 92.1 Å². The largest absolute Gasteiger partial charge is 0.507 e. The fraction of sp³-hybridized carbons (Fsp3) is 0.158. The van der Waals surface area contributed by atoms with Gasteiger partial charge in [-0.25, -0.2) is 4.98 Å². The summed E-state index contributed by atoms with van der Waals surface area (Å²) in [5.74, 6) is -0.259. The van der Waals surface area contributed by atoms with E-state index in [4.69, 9.17) is 16.8 Å². The summed E-state index contributed by atoms with van der Waals surface area (Å²) in [6.07, 6.45) is 1.61. The van der Waals surface area contributed by atoms with Gasteiger partial charge in [0.1, 0.15) is 11.6 Å². The molecule has 7 aromatic carbocycles. The Morgan fingerprint density at radius 3 is 2.00 bits per heavy atom. The lowest BCUT2D eigenvalue weighted by Crippen LogP contribution is -2.11. The van der Waals surface area contributed by atoms with E-state index in [1.54, 1.807) is 18.3 Å². The van der Waals surface area contributed by atoms with E-state index in [-0.39, 0.29) is 28.8 Å². The number of phenols is 1. The minimum atomic E-state index is -0.953. The Morgan fingerprint density at radius 2 is 1.31 bits per heavy atom. The Morgan fingerprint density at radius 1 is 0.623 bits per heavy atom. The number of phenolic OH excluding ortho intramolecular Hbond substituents is 1. The van der Waals surface area contributed by atoms with Crippen LogP contribution in [-0.4, -0.2) is 19.6 Å². The fourth-order valence-electron chi connectivity index (χ4n) is 8.28. The molecule has 0 unspecified atom stereocenters. The topological polar surface area (TPSA) is 50.9 Å². The molecule has 300 valence electrons. The minimum absolute atomic E-state index is 0.115. The number of benzene rings is 7. The van der Waals surface area contributed by atoms with Crippen LogP contribution in [-0.2, 0) is 5.41 Å². The van der Waals surface area contributed by atoms with Gasteiger partial charge < -0.3 is 5.11 Å². The van der Waals surface area contributed by atoms with Crippen molar-refractivity contribution in [3.05, 3.63) is 192 Å². The molecule has 0 saturated carbocycles. The van der Waals surface area contributed by atoms with E-state index < -0.39 is 24.0 Å². The lowest BCUT2D eigenvalue weighted by atomic mass is 9.83. The summed E-state index contributed by atoms with van der Waals surface area (Å²) in [6.45, 7) is 14.2. The number of aromatic nitrogens is 3. The molecule has 4 nitrogen and oxygen atoms in total. The van der Waals surface area contributed by atoms with Crippen LogP contribution in [0.1, 0.15) is 71.0 Å². The monoisotopic (exact) mass is 799 g/mol. The van der Waals surface area contributed by atoms with E-state index in [1.807, 2.05) is 82.3 Å². The number of pyridine rings is 1. The van der Waals surface area contributed by atoms with Crippen LogP contribution in [0.15, 0.2) is 170 Å². The zero-order chi connectivity index (χ0) is 47.7. The van der Waals surface area contributed by atoms with Crippen molar-refractivity contribution >= 4 is 11.0 Å². The Kier molecular flexibility index (Phi) is 8.52. The Balaban J connectivity index is 1.36. The van der Waals surface area contributed by atoms with Gasteiger partial charge in [-0.1, -0.05) is 150 Å². The average Bonchev–Trinajstić information content (AvgIpc) is 3.70. The van der Waals surface area contributed by atoms with Crippen LogP contribution in [0, 0.1) is 13.8 Å². The first-order valence-electron chi connectivity index (χ1n) is 23.6. The molecular weight excluding hydrogens is 743 g/mol. The van der Waals surface area contributed by atoms with E-state index in [0.29, 0.717) is 28.2 Å². The molecule has 1 N–H and O–H groups in total. The molecule has 0 aliphatic rings. The summed E-state index contributed by atoms with van der Waals surface area (Å²) < 4.78 is 53.8. The van der Waals surface area contributed by atoms with Crippen molar-refractivity contribution in [2.24, 2.45) is 0 Å². The van der Waals surface area contributed by atoms with Gasteiger partial charge in [-0.3, -0.25) is 9.55 Å². The van der Waals surface area contributed by atoms with Gasteiger partial charge in [0.25, 0.3) is 0 Å². The van der Waals surface area contributed by atoms with Gasteiger partial charge in [-0.2, -0.15) is 0 Å². The highest BCUT2D eigenvalue weighted by molar-refractivity contribution is 5.98. The molecule has 2 heterocycles. The van der Waals surface area contributed by atoms with Crippen molar-refractivity contribution < 1.29 is 13.3 Å². The van der Waals surface area contributed by atoms with E-state index >= 15 is 0 Å². The first-order chi connectivity index (χ1) is 31.8. The maximum absolute atomic E-state index is 12.0. The van der Waals surface area contributed by atoms with Crippen molar-refractivity contribution in [2.45, 2.75) is 59.8 Å². The Bertz CT molecular complexity index is 3380. The maximum Gasteiger partial charge on any atom is 0.149 e. The molecule has 9 rings (SSSR count). The van der Waals surface area contributed by atoms with E-state index in [0.717, 1.165) is 72.4 Å². The lowest BCUT2D eigenvalue weighted by molar-refractivity contribution is 0.472. The summed E-state index contributed by atoms with van der Waals surface area (Å²) in [5.41, 5.74) is 13.7. The third kappa shape index (κ3) is 7.55. The van der Waals surface area contributed by atoms with Crippen LogP contribution >= 0.6 is 0 Å². The molecule has 0 spiro atoms. The molecule has 0 fully saturated rings. The highest BCUT2D eigenvalue weighted by atomic mass is 16.3. The van der Waals surface area contributed by atoms with Gasteiger partial charge in [0.15, 0.2) is 0 Å². The third-order valence-electron chi connectivity index (χ3n) is 11.4. The number of aryl methyl sites for hydroxylation is 2. The minimum Gasteiger partial charge on any atom is -0.507 e. The summed E-state index contributed by atoms with van der Waals surface area (Å²) in [7, 11) is 0. The second kappa shape index (κ2) is 15.9. The number of nitrogens with zero attached hydrogens (tertiary/aromatic N) is 3. The lowest BCUT2D eigenvalue weighted by Gasteiger charge is -2.22. The molecule has 9 aromatic rings. The zero-order valence-corrected chi connectivity index (χ0v) is 35.6. The second-order valence-electron chi connectivity index (χ2n) is 17.0. The number of para-hydroxylation sites is 1. The van der Waals surface area contributed by atoms with E-state index in [1.165, 1.54) is 0 Å². The summed E-state index contributed by atoms with van der Waals surface area (Å²) in [6, 6.07) is 42.8. The van der Waals surface area contributed by atoms with Crippen molar-refractivity contribution in [1.29, 1.82) is 0 Å². The van der Waals surface area contributed by atoms with Crippen LogP contribution < -0.4 is 0 Å². The standard InChI is InChI=1S/C57H51N3O/c1-36(2)47-34-49(41-22-15-10-16-23-41)53(35-48(47)40-20-13-9-14-21-40)60-52-25-17-24-46(54(52)59-56(60)50-29-37(3)28-38(4)55(50)61)43-30-44(32-45(31-43)57(5,6)7)51-33-42(26-27-58-51)39-18-11-8-12-19-39/h8-36,61H,1-7H3/i8D,11D,12D,18D,19D,36D. The first kappa shape index (κ1) is 32.8. The highest BCUT2D eigenvalue weighted by Crippen LogP contribution is 2.45. The summed E-state index contributed by atoms with van der Waals surface area (Å²) >= 11 is 0. The van der Waals surface area contributed by atoms with Gasteiger partial charge in [0.2, 0.25) is 0 Å². The van der Waals surface area contributed by atoms with Crippen LogP contribution in [0.2, 0.25) is 0 Å². The molecule has 0 radical (unpaired) electrons. The van der Waals surface area contributed by atoms with Crippen LogP contribution in [0.5, 0.6) is 5.75 Å². The zero-order valence-electron chi connectivity index (χ0n) is 41.6. The van der Waals surface area contributed by atoms with E-state index in [9.17, 15) is 6.48 Å². The molecule has 0 aliphatic heterocycles.